The van der Waals surface area contributed by atoms with Crippen LogP contribution in [-0.4, -0.2) is 24.6 Å². The Bertz CT molecular complexity index is 441. The molecule has 0 saturated carbocycles. The van der Waals surface area contributed by atoms with Crippen molar-refractivity contribution in [2.24, 2.45) is 0 Å². The molecule has 0 radical (unpaired) electrons. The quantitative estimate of drug-likeness (QED) is 0.0474. The summed E-state index contributed by atoms with van der Waals surface area (Å²) >= 11 is 0. The van der Waals surface area contributed by atoms with Gasteiger partial charge in [-0.1, -0.05) is 207 Å². The number of hydrogen-bond acceptors (Lipinski definition) is 0. The Hall–Kier alpha value is 0.430. The molecule has 0 rings (SSSR count). The third-order valence-electron chi connectivity index (χ3n) is 10.4. The van der Waals surface area contributed by atoms with Crippen LogP contribution in [0.4, 0.5) is 0 Å². The second kappa shape index (κ2) is 36.9. The van der Waals surface area contributed by atoms with Crippen LogP contribution in [0.5, 0.6) is 0 Å². The fourth-order valence-electron chi connectivity index (χ4n) is 7.61. The van der Waals surface area contributed by atoms with Crippen LogP contribution in [0.1, 0.15) is 246 Å². The van der Waals surface area contributed by atoms with Crippen LogP contribution in [0, 0.1) is 0 Å². The van der Waals surface area contributed by atoms with E-state index >= 15 is 0 Å². The van der Waals surface area contributed by atoms with E-state index in [9.17, 15) is 0 Å². The van der Waals surface area contributed by atoms with Gasteiger partial charge in [0.2, 0.25) is 0 Å². The van der Waals surface area contributed by atoms with E-state index in [1.165, 1.54) is 205 Å². The molecule has 260 valence electrons. The van der Waals surface area contributed by atoms with E-state index in [2.05, 4.69) is 27.7 Å². The molecule has 0 aromatic carbocycles. The van der Waals surface area contributed by atoms with E-state index in [1.54, 1.807) is 37.5 Å². The monoisotopic (exact) mass is 624 g/mol. The highest BCUT2D eigenvalue weighted by Crippen LogP contribution is 2.61. The Labute approximate surface area is 277 Å². The Kier molecular flexibility index (Phi) is 37.3. The van der Waals surface area contributed by atoms with E-state index in [4.69, 9.17) is 0 Å². The summed E-state index contributed by atoms with van der Waals surface area (Å²) < 4.78 is 0. The summed E-state index contributed by atoms with van der Waals surface area (Å²) in [5, 5.41) is 0. The lowest BCUT2D eigenvalue weighted by Gasteiger charge is -2.27. The molecule has 0 heterocycles. The van der Waals surface area contributed by atoms with Crippen molar-refractivity contribution in [3.63, 3.8) is 0 Å². The average Bonchev–Trinajstić information content (AvgIpc) is 3.01. The van der Waals surface area contributed by atoms with Crippen molar-refractivity contribution in [1.82, 2.24) is 0 Å². The maximum absolute atomic E-state index is 2.46. The minimum atomic E-state index is -0.673. The van der Waals surface area contributed by atoms with Crippen molar-refractivity contribution in [3.8, 4) is 0 Å². The summed E-state index contributed by atoms with van der Waals surface area (Å²) in [6.45, 7) is 9.56. The molecule has 0 bridgehead atoms. The predicted molar refractivity (Wildman–Crippen MR) is 206 cm³/mol. The Balaban J connectivity index is 3.72. The molecule has 43 heavy (non-hydrogen) atoms. The van der Waals surface area contributed by atoms with Crippen LogP contribution >= 0.6 is 7.26 Å². The molecule has 0 aliphatic carbocycles. The lowest BCUT2D eigenvalue weighted by atomic mass is 10.0. The smallest absolute Gasteiger partial charge is 0.0594 e. The minimum Gasteiger partial charge on any atom is -0.0654 e. The van der Waals surface area contributed by atoms with Gasteiger partial charge in [0.1, 0.15) is 0 Å². The number of rotatable bonds is 38. The van der Waals surface area contributed by atoms with Gasteiger partial charge in [-0.25, -0.2) is 0 Å². The molecule has 0 fully saturated rings. The van der Waals surface area contributed by atoms with Crippen molar-refractivity contribution in [2.75, 3.05) is 24.6 Å². The zero-order chi connectivity index (χ0) is 31.4. The first-order valence-electron chi connectivity index (χ1n) is 21.1. The molecule has 0 nitrogen and oxygen atoms in total. The standard InChI is InChI=1S/C42H88P/c1-5-9-11-13-15-17-19-21-23-25-27-29-31-33-35-37-41-43(39-7-3,40-8-4)42-38-36-34-32-30-28-26-24-22-20-18-16-14-12-10-6-2/h5-42H2,1-4H3/q+1. The molecule has 0 aliphatic heterocycles. The molecule has 0 spiro atoms. The van der Waals surface area contributed by atoms with Gasteiger partial charge in [-0.3, -0.25) is 0 Å². The molecule has 0 unspecified atom stereocenters. The van der Waals surface area contributed by atoms with E-state index in [0.29, 0.717) is 0 Å². The van der Waals surface area contributed by atoms with Crippen LogP contribution in [0.2, 0.25) is 0 Å². The van der Waals surface area contributed by atoms with Crippen molar-refractivity contribution >= 4 is 7.26 Å². The summed E-state index contributed by atoms with van der Waals surface area (Å²) in [6.07, 6.45) is 56.9. The number of unbranched alkanes of at least 4 members (excludes halogenated alkanes) is 30. The summed E-state index contributed by atoms with van der Waals surface area (Å²) in [7, 11) is -0.673. The highest BCUT2D eigenvalue weighted by molar-refractivity contribution is 7.75. The molecule has 1 heteroatoms. The Morgan fingerprint density at radius 2 is 0.372 bits per heavy atom. The van der Waals surface area contributed by atoms with Gasteiger partial charge in [-0.2, -0.15) is 0 Å². The highest BCUT2D eigenvalue weighted by Gasteiger charge is 2.33. The third-order valence-corrected chi connectivity index (χ3v) is 15.7. The van der Waals surface area contributed by atoms with E-state index in [1.807, 2.05) is 0 Å². The normalized spacial score (nSPS) is 12.0. The largest absolute Gasteiger partial charge is 0.0654 e. The first kappa shape index (κ1) is 43.4. The highest BCUT2D eigenvalue weighted by atomic mass is 31.2. The molecule has 0 atom stereocenters. The zero-order valence-corrected chi connectivity index (χ0v) is 32.2. The van der Waals surface area contributed by atoms with Gasteiger partial charge in [0, 0.05) is 7.26 Å². The first-order valence-corrected chi connectivity index (χ1v) is 23.6. The summed E-state index contributed by atoms with van der Waals surface area (Å²) in [5.74, 6) is 0. The summed E-state index contributed by atoms with van der Waals surface area (Å²) in [6, 6.07) is 0. The first-order chi connectivity index (χ1) is 21.2. The molecular formula is C42H88P+. The molecule has 0 saturated heterocycles. The molecule has 0 amide bonds. The van der Waals surface area contributed by atoms with E-state index in [0.717, 1.165) is 0 Å². The van der Waals surface area contributed by atoms with Crippen LogP contribution in [0.25, 0.3) is 0 Å². The van der Waals surface area contributed by atoms with Gasteiger partial charge in [-0.15, -0.1) is 0 Å². The average molecular weight is 624 g/mol. The van der Waals surface area contributed by atoms with Gasteiger partial charge in [0.25, 0.3) is 0 Å². The maximum Gasteiger partial charge on any atom is 0.0594 e. The fourth-order valence-corrected chi connectivity index (χ4v) is 12.6. The SMILES string of the molecule is CCCCCCCCCCCCCCCCCC[P+](CCC)(CCC)CCCCCCCCCCCCCCCCCC. The van der Waals surface area contributed by atoms with Gasteiger partial charge in [0.05, 0.1) is 24.6 Å². The van der Waals surface area contributed by atoms with Crippen molar-refractivity contribution in [1.29, 1.82) is 0 Å². The summed E-state index contributed by atoms with van der Waals surface area (Å²) in [4.78, 5) is 0. The van der Waals surface area contributed by atoms with Crippen LogP contribution < -0.4 is 0 Å². The lowest BCUT2D eigenvalue weighted by Crippen LogP contribution is -2.12. The van der Waals surface area contributed by atoms with Crippen molar-refractivity contribution < 1.29 is 0 Å². The van der Waals surface area contributed by atoms with Gasteiger partial charge in [0.15, 0.2) is 0 Å². The Morgan fingerprint density at radius 3 is 0.558 bits per heavy atom. The molecule has 0 N–H and O–H groups in total. The molecule has 0 aliphatic rings. The van der Waals surface area contributed by atoms with Crippen molar-refractivity contribution in [2.45, 2.75) is 246 Å². The second-order valence-electron chi connectivity index (χ2n) is 14.8. The van der Waals surface area contributed by atoms with Gasteiger partial charge >= 0.3 is 0 Å². The fraction of sp³-hybridized carbons (Fsp3) is 1.00. The molecular weight excluding hydrogens is 535 g/mol. The summed E-state index contributed by atoms with van der Waals surface area (Å²) in [5.41, 5.74) is 0. The minimum absolute atomic E-state index is 0.673. The predicted octanol–water partition coefficient (Wildman–Crippen LogP) is 16.3. The van der Waals surface area contributed by atoms with Gasteiger partial charge < -0.3 is 0 Å². The van der Waals surface area contributed by atoms with Crippen molar-refractivity contribution in [3.05, 3.63) is 0 Å². The molecule has 0 aromatic heterocycles. The number of hydrogen-bond donors (Lipinski definition) is 0. The third kappa shape index (κ3) is 32.2. The zero-order valence-electron chi connectivity index (χ0n) is 31.3. The Morgan fingerprint density at radius 1 is 0.186 bits per heavy atom. The topological polar surface area (TPSA) is 0 Å². The maximum atomic E-state index is 2.46. The second-order valence-corrected chi connectivity index (χ2v) is 19.3. The van der Waals surface area contributed by atoms with Crippen LogP contribution in [-0.2, 0) is 0 Å². The van der Waals surface area contributed by atoms with Gasteiger partial charge in [-0.05, 0) is 38.5 Å². The van der Waals surface area contributed by atoms with E-state index < -0.39 is 7.26 Å². The van der Waals surface area contributed by atoms with Crippen LogP contribution in [0.3, 0.4) is 0 Å². The molecule has 0 aromatic rings. The van der Waals surface area contributed by atoms with E-state index in [-0.39, 0.29) is 0 Å². The van der Waals surface area contributed by atoms with Crippen LogP contribution in [0.15, 0.2) is 0 Å². The lowest BCUT2D eigenvalue weighted by molar-refractivity contribution is 0.531.